The number of sulfone groups is 1. The number of halogens is 4. The predicted molar refractivity (Wildman–Crippen MR) is 114 cm³/mol. The summed E-state index contributed by atoms with van der Waals surface area (Å²) in [6, 6.07) is 8.52. The van der Waals surface area contributed by atoms with Crippen LogP contribution in [-0.2, 0) is 21.6 Å². The first-order valence-electron chi connectivity index (χ1n) is 9.09. The van der Waals surface area contributed by atoms with E-state index in [9.17, 15) is 21.6 Å². The van der Waals surface area contributed by atoms with E-state index in [0.29, 0.717) is 0 Å². The summed E-state index contributed by atoms with van der Waals surface area (Å²) in [4.78, 5) is -0.416. The lowest BCUT2D eigenvalue weighted by Crippen LogP contribution is -2.33. The molecule has 0 saturated carbocycles. The van der Waals surface area contributed by atoms with E-state index in [2.05, 4.69) is 10.2 Å². The van der Waals surface area contributed by atoms with Crippen molar-refractivity contribution in [2.24, 2.45) is 0 Å². The van der Waals surface area contributed by atoms with Gasteiger partial charge >= 0.3 is 6.18 Å². The number of alkyl halides is 3. The Labute approximate surface area is 190 Å². The zero-order valence-electron chi connectivity index (χ0n) is 16.3. The van der Waals surface area contributed by atoms with Gasteiger partial charge in [-0.05, 0) is 30.3 Å². The van der Waals surface area contributed by atoms with Crippen LogP contribution in [0.1, 0.15) is 11.4 Å². The van der Waals surface area contributed by atoms with Crippen LogP contribution in [0, 0.1) is 10.8 Å². The van der Waals surface area contributed by atoms with Gasteiger partial charge in [-0.15, -0.1) is 10.2 Å². The first-order chi connectivity index (χ1) is 15.5. The summed E-state index contributed by atoms with van der Waals surface area (Å²) >= 11 is 5.90. The van der Waals surface area contributed by atoms with E-state index in [1.54, 1.807) is 0 Å². The average Bonchev–Trinajstić information content (AvgIpc) is 3.36. The van der Waals surface area contributed by atoms with E-state index in [-0.39, 0.29) is 33.5 Å². The molecule has 2 heterocycles. The third kappa shape index (κ3) is 3.80. The number of rotatable bonds is 6. The average molecular weight is 496 g/mol. The summed E-state index contributed by atoms with van der Waals surface area (Å²) in [5.41, 5.74) is -2.69. The Morgan fingerprint density at radius 2 is 1.85 bits per heavy atom. The summed E-state index contributed by atoms with van der Waals surface area (Å²) in [5.74, 6) is -0.424. The quantitative estimate of drug-likeness (QED) is 0.387. The van der Waals surface area contributed by atoms with Gasteiger partial charge in [0, 0.05) is 16.8 Å². The Morgan fingerprint density at radius 3 is 2.52 bits per heavy atom. The highest BCUT2D eigenvalue weighted by Crippen LogP contribution is 2.41. The SMILES string of the molecule is N=CC1(Oc2ccc(Cl)cc2S(=O)(=O)C=N)C=Cn2c(-c3ccccc3C(F)(F)F)nnc21. The molecule has 170 valence electrons. The van der Waals surface area contributed by atoms with Crippen LogP contribution in [0.2, 0.25) is 5.02 Å². The molecule has 1 atom stereocenters. The molecule has 2 N–H and O–H groups in total. The fourth-order valence-corrected chi connectivity index (χ4v) is 4.37. The molecule has 1 aliphatic heterocycles. The minimum absolute atomic E-state index is 0.0578. The van der Waals surface area contributed by atoms with Crippen LogP contribution in [0.4, 0.5) is 13.2 Å². The number of benzene rings is 2. The van der Waals surface area contributed by atoms with Crippen LogP contribution in [-0.4, -0.2) is 34.9 Å². The van der Waals surface area contributed by atoms with Crippen molar-refractivity contribution in [3.63, 3.8) is 0 Å². The second kappa shape index (κ2) is 7.81. The summed E-state index contributed by atoms with van der Waals surface area (Å²) < 4.78 is 72.2. The summed E-state index contributed by atoms with van der Waals surface area (Å²) in [7, 11) is -4.20. The van der Waals surface area contributed by atoms with Crippen molar-refractivity contribution in [3.05, 3.63) is 65.0 Å². The van der Waals surface area contributed by atoms with E-state index in [1.807, 2.05) is 0 Å². The molecule has 0 spiro atoms. The number of nitrogens with one attached hydrogen (secondary N) is 2. The zero-order valence-corrected chi connectivity index (χ0v) is 17.9. The van der Waals surface area contributed by atoms with Crippen molar-refractivity contribution in [3.8, 4) is 17.1 Å². The Morgan fingerprint density at radius 1 is 1.12 bits per heavy atom. The Kier molecular flexibility index (Phi) is 5.37. The second-order valence-corrected chi connectivity index (χ2v) is 9.07. The van der Waals surface area contributed by atoms with Gasteiger partial charge in [0.1, 0.15) is 16.2 Å². The third-order valence-corrected chi connectivity index (χ3v) is 6.33. The molecule has 0 radical (unpaired) electrons. The minimum atomic E-state index is -4.64. The molecular weight excluding hydrogens is 483 g/mol. The van der Waals surface area contributed by atoms with E-state index in [0.717, 1.165) is 18.3 Å². The maximum Gasteiger partial charge on any atom is 0.417 e. The highest BCUT2D eigenvalue weighted by Gasteiger charge is 2.42. The maximum atomic E-state index is 13.5. The first-order valence-corrected chi connectivity index (χ1v) is 11.0. The fraction of sp³-hybridized carbons (Fsp3) is 0.100. The van der Waals surface area contributed by atoms with Crippen molar-refractivity contribution in [1.29, 1.82) is 10.8 Å². The number of fused-ring (bicyclic) bond motifs is 1. The monoisotopic (exact) mass is 495 g/mol. The van der Waals surface area contributed by atoms with Crippen LogP contribution in [0.5, 0.6) is 5.75 Å². The van der Waals surface area contributed by atoms with E-state index in [4.69, 9.17) is 27.2 Å². The van der Waals surface area contributed by atoms with Gasteiger partial charge in [-0.3, -0.25) is 9.98 Å². The van der Waals surface area contributed by atoms with Crippen LogP contribution in [0.3, 0.4) is 0 Å². The molecule has 0 amide bonds. The van der Waals surface area contributed by atoms with Crippen LogP contribution >= 0.6 is 11.6 Å². The van der Waals surface area contributed by atoms with E-state index >= 15 is 0 Å². The maximum absolute atomic E-state index is 13.5. The summed E-state index contributed by atoms with van der Waals surface area (Å²) in [6.07, 6.45) is -1.16. The van der Waals surface area contributed by atoms with Crippen molar-refractivity contribution in [2.45, 2.75) is 16.7 Å². The predicted octanol–water partition coefficient (Wildman–Crippen LogP) is 4.41. The van der Waals surface area contributed by atoms with E-state index in [1.165, 1.54) is 47.2 Å². The smallest absolute Gasteiger partial charge is 0.417 e. The van der Waals surface area contributed by atoms with Crippen LogP contribution < -0.4 is 4.74 Å². The lowest BCUT2D eigenvalue weighted by Gasteiger charge is -2.24. The molecule has 0 bridgehead atoms. The summed E-state index contributed by atoms with van der Waals surface area (Å²) in [5, 5.41) is 23.0. The topological polar surface area (TPSA) is 122 Å². The van der Waals surface area contributed by atoms with Gasteiger partial charge in [0.25, 0.3) is 0 Å². The zero-order chi connectivity index (χ0) is 24.0. The van der Waals surface area contributed by atoms with Gasteiger partial charge in [0.15, 0.2) is 11.6 Å². The molecule has 0 fully saturated rings. The number of nitrogens with zero attached hydrogens (tertiary/aromatic N) is 3. The van der Waals surface area contributed by atoms with Crippen molar-refractivity contribution < 1.29 is 26.3 Å². The molecule has 0 aliphatic carbocycles. The molecule has 1 aliphatic rings. The lowest BCUT2D eigenvalue weighted by atomic mass is 10.1. The van der Waals surface area contributed by atoms with Gasteiger partial charge in [-0.25, -0.2) is 8.42 Å². The number of hydrogen-bond donors (Lipinski definition) is 2. The molecular formula is C20H13ClF3N5O3S. The first kappa shape index (κ1) is 22.7. The minimum Gasteiger partial charge on any atom is -0.468 e. The van der Waals surface area contributed by atoms with E-state index < -0.39 is 32.1 Å². The highest BCUT2D eigenvalue weighted by atomic mass is 35.5. The molecule has 3 aromatic rings. The van der Waals surface area contributed by atoms with Crippen LogP contribution in [0.25, 0.3) is 17.6 Å². The van der Waals surface area contributed by atoms with Gasteiger partial charge in [0.2, 0.25) is 15.4 Å². The molecule has 1 aromatic heterocycles. The lowest BCUT2D eigenvalue weighted by molar-refractivity contribution is -0.137. The molecule has 8 nitrogen and oxygen atoms in total. The molecule has 1 unspecified atom stereocenters. The second-order valence-electron chi connectivity index (χ2n) is 6.87. The molecule has 2 aromatic carbocycles. The van der Waals surface area contributed by atoms with Gasteiger partial charge in [0.05, 0.1) is 11.8 Å². The highest BCUT2D eigenvalue weighted by molar-refractivity contribution is 8.04. The third-order valence-electron chi connectivity index (χ3n) is 4.85. The number of aromatic nitrogens is 3. The Balaban J connectivity index is 1.83. The van der Waals surface area contributed by atoms with Crippen LogP contribution in [0.15, 0.2) is 53.4 Å². The fourth-order valence-electron chi connectivity index (χ4n) is 3.32. The van der Waals surface area contributed by atoms with Gasteiger partial charge in [-0.2, -0.15) is 13.2 Å². The normalized spacial score (nSPS) is 17.6. The molecule has 13 heteroatoms. The van der Waals surface area contributed by atoms with Crippen molar-refractivity contribution in [1.82, 2.24) is 14.8 Å². The molecule has 0 saturated heterocycles. The Bertz CT molecular complexity index is 1420. The Hall–Kier alpha value is -3.51. The number of ether oxygens (including phenoxy) is 1. The van der Waals surface area contributed by atoms with Crippen molar-refractivity contribution >= 4 is 39.4 Å². The molecule has 4 rings (SSSR count). The summed E-state index contributed by atoms with van der Waals surface area (Å²) in [6.45, 7) is 0. The van der Waals surface area contributed by atoms with Gasteiger partial charge < -0.3 is 10.1 Å². The standard InChI is InChI=1S/C20H13ClF3N5O3S/c21-12-5-6-15(16(9-12)33(30,31)11-26)32-19(10-25)7-8-29-17(27-28-18(19)29)13-3-1-2-4-14(13)20(22,23)24/h1-11,25-26H. The largest absolute Gasteiger partial charge is 0.468 e. The number of hydrogen-bond acceptors (Lipinski definition) is 7. The molecule has 33 heavy (non-hydrogen) atoms. The van der Waals surface area contributed by atoms with Gasteiger partial charge in [-0.1, -0.05) is 29.8 Å². The van der Waals surface area contributed by atoms with Crippen molar-refractivity contribution in [2.75, 3.05) is 0 Å².